The monoisotopic (exact) mass is 283 g/mol. The van der Waals surface area contributed by atoms with Gasteiger partial charge in [0.2, 0.25) is 0 Å². The van der Waals surface area contributed by atoms with Crippen LogP contribution in [0, 0.1) is 0 Å². The van der Waals surface area contributed by atoms with Crippen LogP contribution >= 0.6 is 0 Å². The lowest BCUT2D eigenvalue weighted by atomic mass is 10.1. The third kappa shape index (κ3) is 2.76. The van der Waals surface area contributed by atoms with Gasteiger partial charge >= 0.3 is 0 Å². The summed E-state index contributed by atoms with van der Waals surface area (Å²) in [6, 6.07) is 9.91. The van der Waals surface area contributed by atoms with E-state index in [4.69, 9.17) is 5.73 Å². The Morgan fingerprint density at radius 2 is 2.05 bits per heavy atom. The molecule has 0 aliphatic heterocycles. The van der Waals surface area contributed by atoms with Gasteiger partial charge in [0.05, 0.1) is 5.52 Å². The molecule has 2 N–H and O–H groups in total. The van der Waals surface area contributed by atoms with E-state index >= 15 is 0 Å². The molecule has 21 heavy (non-hydrogen) atoms. The second-order valence-electron chi connectivity index (χ2n) is 5.60. The summed E-state index contributed by atoms with van der Waals surface area (Å²) in [7, 11) is 0. The first kappa shape index (κ1) is 14.0. The Bertz CT molecular complexity index is 629. The summed E-state index contributed by atoms with van der Waals surface area (Å²) in [6.45, 7) is 1.13. The summed E-state index contributed by atoms with van der Waals surface area (Å²) >= 11 is 0. The number of rotatable bonds is 4. The number of carbonyl (C=O) groups is 1. The van der Waals surface area contributed by atoms with E-state index in [9.17, 15) is 4.79 Å². The van der Waals surface area contributed by atoms with Crippen LogP contribution in [0.25, 0.3) is 10.9 Å². The first-order valence-corrected chi connectivity index (χ1v) is 7.66. The molecule has 1 aromatic carbocycles. The molecule has 0 bridgehead atoms. The zero-order valence-corrected chi connectivity index (χ0v) is 12.2. The Morgan fingerprint density at radius 3 is 2.81 bits per heavy atom. The van der Waals surface area contributed by atoms with Crippen molar-refractivity contribution in [2.45, 2.75) is 31.7 Å². The number of carbonyl (C=O) groups excluding carboxylic acids is 1. The zero-order valence-electron chi connectivity index (χ0n) is 12.2. The summed E-state index contributed by atoms with van der Waals surface area (Å²) in [5.41, 5.74) is 7.32. The summed E-state index contributed by atoms with van der Waals surface area (Å²) in [5, 5.41) is 0.921. The van der Waals surface area contributed by atoms with E-state index in [1.807, 2.05) is 35.2 Å². The molecule has 0 radical (unpaired) electrons. The van der Waals surface area contributed by atoms with Gasteiger partial charge in [-0.1, -0.05) is 25.0 Å². The van der Waals surface area contributed by atoms with Crippen LogP contribution in [-0.2, 0) is 0 Å². The normalized spacial score (nSPS) is 15.5. The predicted molar refractivity (Wildman–Crippen MR) is 84.1 cm³/mol. The molecule has 4 nitrogen and oxygen atoms in total. The Kier molecular flexibility index (Phi) is 4.15. The van der Waals surface area contributed by atoms with Crippen LogP contribution in [0.5, 0.6) is 0 Å². The zero-order chi connectivity index (χ0) is 14.7. The average molecular weight is 283 g/mol. The number of fused-ring (bicyclic) bond motifs is 1. The van der Waals surface area contributed by atoms with Gasteiger partial charge in [0.25, 0.3) is 5.91 Å². The third-order valence-corrected chi connectivity index (χ3v) is 4.27. The maximum Gasteiger partial charge on any atom is 0.254 e. The van der Waals surface area contributed by atoms with Crippen molar-refractivity contribution in [1.82, 2.24) is 9.88 Å². The predicted octanol–water partition coefficient (Wildman–Crippen LogP) is 2.58. The van der Waals surface area contributed by atoms with Crippen molar-refractivity contribution in [2.75, 3.05) is 13.1 Å². The van der Waals surface area contributed by atoms with Crippen molar-refractivity contribution in [3.8, 4) is 0 Å². The topological polar surface area (TPSA) is 59.2 Å². The highest BCUT2D eigenvalue weighted by molar-refractivity contribution is 6.06. The van der Waals surface area contributed by atoms with E-state index in [0.29, 0.717) is 19.1 Å². The summed E-state index contributed by atoms with van der Waals surface area (Å²) in [4.78, 5) is 19.3. The Balaban J connectivity index is 1.97. The second kappa shape index (κ2) is 6.22. The van der Waals surface area contributed by atoms with Gasteiger partial charge in [-0.15, -0.1) is 0 Å². The summed E-state index contributed by atoms with van der Waals surface area (Å²) in [6.07, 6.45) is 6.35. The van der Waals surface area contributed by atoms with Crippen LogP contribution in [0.15, 0.2) is 36.5 Å². The van der Waals surface area contributed by atoms with Gasteiger partial charge < -0.3 is 10.6 Å². The molecule has 4 heteroatoms. The molecule has 0 atom stereocenters. The molecule has 1 amide bonds. The van der Waals surface area contributed by atoms with Crippen LogP contribution in [-0.4, -0.2) is 34.9 Å². The van der Waals surface area contributed by atoms with Crippen molar-refractivity contribution in [1.29, 1.82) is 0 Å². The van der Waals surface area contributed by atoms with E-state index in [-0.39, 0.29) is 5.91 Å². The number of amides is 1. The van der Waals surface area contributed by atoms with Crippen LogP contribution in [0.2, 0.25) is 0 Å². The van der Waals surface area contributed by atoms with Crippen LogP contribution in [0.4, 0.5) is 0 Å². The molecule has 110 valence electrons. The van der Waals surface area contributed by atoms with Crippen molar-refractivity contribution in [2.24, 2.45) is 5.73 Å². The first-order valence-electron chi connectivity index (χ1n) is 7.66. The fraction of sp³-hybridized carbons (Fsp3) is 0.412. The maximum atomic E-state index is 13.0. The van der Waals surface area contributed by atoms with Crippen molar-refractivity contribution >= 4 is 16.8 Å². The van der Waals surface area contributed by atoms with Crippen molar-refractivity contribution < 1.29 is 4.79 Å². The number of hydrogen-bond donors (Lipinski definition) is 1. The molecule has 0 unspecified atom stereocenters. The molecule has 1 aliphatic rings. The molecule has 1 heterocycles. The largest absolute Gasteiger partial charge is 0.334 e. The number of hydrogen-bond acceptors (Lipinski definition) is 3. The molecule has 3 rings (SSSR count). The minimum Gasteiger partial charge on any atom is -0.334 e. The molecule has 0 spiro atoms. The smallest absolute Gasteiger partial charge is 0.254 e. The molecular formula is C17H21N3O. The Hall–Kier alpha value is -1.94. The molecule has 2 aromatic rings. The minimum absolute atomic E-state index is 0.0888. The number of nitrogens with zero attached hydrogens (tertiary/aromatic N) is 2. The number of nitrogens with two attached hydrogens (primary N) is 1. The molecule has 1 saturated carbocycles. The quantitative estimate of drug-likeness (QED) is 0.938. The standard InChI is InChI=1S/C17H21N3O/c18-10-12-20(13-5-1-2-6-13)17(21)15-7-3-9-16-14(15)8-4-11-19-16/h3-4,7-9,11,13H,1-2,5-6,10,12,18H2. The molecular weight excluding hydrogens is 262 g/mol. The Labute approximate surface area is 125 Å². The molecule has 1 aliphatic carbocycles. The van der Waals surface area contributed by atoms with Crippen molar-refractivity contribution in [3.63, 3.8) is 0 Å². The third-order valence-electron chi connectivity index (χ3n) is 4.27. The van der Waals surface area contributed by atoms with Gasteiger partial charge in [0.15, 0.2) is 0 Å². The lowest BCUT2D eigenvalue weighted by Gasteiger charge is -2.29. The Morgan fingerprint density at radius 1 is 1.24 bits per heavy atom. The lowest BCUT2D eigenvalue weighted by molar-refractivity contribution is 0.0690. The van der Waals surface area contributed by atoms with E-state index in [0.717, 1.165) is 29.3 Å². The van der Waals surface area contributed by atoms with Gasteiger partial charge in [-0.3, -0.25) is 9.78 Å². The SMILES string of the molecule is NCCN(C(=O)c1cccc2ncccc12)C1CCCC1. The highest BCUT2D eigenvalue weighted by Crippen LogP contribution is 2.26. The van der Waals surface area contributed by atoms with Gasteiger partial charge in [-0.2, -0.15) is 0 Å². The van der Waals surface area contributed by atoms with Crippen LogP contribution in [0.3, 0.4) is 0 Å². The fourth-order valence-electron chi connectivity index (χ4n) is 3.25. The number of aromatic nitrogens is 1. The van der Waals surface area contributed by atoms with Gasteiger partial charge in [0, 0.05) is 36.3 Å². The summed E-state index contributed by atoms with van der Waals surface area (Å²) < 4.78 is 0. The van der Waals surface area contributed by atoms with Crippen LogP contribution < -0.4 is 5.73 Å². The van der Waals surface area contributed by atoms with Gasteiger partial charge in [-0.25, -0.2) is 0 Å². The highest BCUT2D eigenvalue weighted by Gasteiger charge is 2.27. The highest BCUT2D eigenvalue weighted by atomic mass is 16.2. The first-order chi connectivity index (χ1) is 10.3. The van der Waals surface area contributed by atoms with Gasteiger partial charge in [-0.05, 0) is 31.0 Å². The minimum atomic E-state index is 0.0888. The van der Waals surface area contributed by atoms with E-state index < -0.39 is 0 Å². The summed E-state index contributed by atoms with van der Waals surface area (Å²) in [5.74, 6) is 0.0888. The van der Waals surface area contributed by atoms with E-state index in [1.165, 1.54) is 12.8 Å². The van der Waals surface area contributed by atoms with Gasteiger partial charge in [0.1, 0.15) is 0 Å². The average Bonchev–Trinajstić information content (AvgIpc) is 3.05. The fourth-order valence-corrected chi connectivity index (χ4v) is 3.25. The maximum absolute atomic E-state index is 13.0. The number of benzene rings is 1. The molecule has 0 saturated heterocycles. The molecule has 1 aromatic heterocycles. The van der Waals surface area contributed by atoms with E-state index in [2.05, 4.69) is 4.98 Å². The van der Waals surface area contributed by atoms with E-state index in [1.54, 1.807) is 6.20 Å². The number of pyridine rings is 1. The lowest BCUT2D eigenvalue weighted by Crippen LogP contribution is -2.42. The molecule has 1 fully saturated rings. The second-order valence-corrected chi connectivity index (χ2v) is 5.60. The van der Waals surface area contributed by atoms with Crippen LogP contribution in [0.1, 0.15) is 36.0 Å². The van der Waals surface area contributed by atoms with Crippen molar-refractivity contribution in [3.05, 3.63) is 42.1 Å².